The second kappa shape index (κ2) is 6.48. The molecule has 16 heavy (non-hydrogen) atoms. The van der Waals surface area contributed by atoms with E-state index in [9.17, 15) is 9.18 Å². The van der Waals surface area contributed by atoms with Crippen molar-refractivity contribution in [1.82, 2.24) is 5.32 Å². The van der Waals surface area contributed by atoms with Gasteiger partial charge in [-0.15, -0.1) is 11.6 Å². The second-order valence-electron chi connectivity index (χ2n) is 3.83. The van der Waals surface area contributed by atoms with E-state index in [1.165, 1.54) is 6.07 Å². The van der Waals surface area contributed by atoms with Crippen molar-refractivity contribution in [2.45, 2.75) is 13.3 Å². The summed E-state index contributed by atoms with van der Waals surface area (Å²) < 4.78 is 13.2. The third-order valence-corrected chi connectivity index (χ3v) is 2.75. The number of carbonyl (C=O) groups excluding carboxylic acids is 1. The Balaban J connectivity index is 2.43. The molecule has 0 aliphatic rings. The van der Waals surface area contributed by atoms with Crippen LogP contribution in [0.1, 0.15) is 12.5 Å². The van der Waals surface area contributed by atoms with Gasteiger partial charge in [-0.2, -0.15) is 0 Å². The van der Waals surface area contributed by atoms with Crippen LogP contribution < -0.4 is 5.32 Å². The zero-order valence-corrected chi connectivity index (χ0v) is 9.93. The van der Waals surface area contributed by atoms with Gasteiger partial charge in [0.1, 0.15) is 5.82 Å². The van der Waals surface area contributed by atoms with Crippen LogP contribution in [-0.2, 0) is 11.2 Å². The van der Waals surface area contributed by atoms with E-state index in [0.29, 0.717) is 18.0 Å². The highest BCUT2D eigenvalue weighted by atomic mass is 35.5. The number of alkyl halides is 1. The summed E-state index contributed by atoms with van der Waals surface area (Å²) >= 11 is 5.61. The second-order valence-corrected chi connectivity index (χ2v) is 4.14. The Labute approximate surface area is 99.8 Å². The fraction of sp³-hybridized carbons (Fsp3) is 0.417. The van der Waals surface area contributed by atoms with Crippen LogP contribution in [0.5, 0.6) is 0 Å². The molecule has 0 radical (unpaired) electrons. The summed E-state index contributed by atoms with van der Waals surface area (Å²) in [4.78, 5) is 11.5. The number of hydrogen-bond donors (Lipinski definition) is 1. The Morgan fingerprint density at radius 2 is 2.19 bits per heavy atom. The van der Waals surface area contributed by atoms with Crippen LogP contribution in [0, 0.1) is 11.7 Å². The van der Waals surface area contributed by atoms with Crippen LogP contribution in [0.15, 0.2) is 24.3 Å². The van der Waals surface area contributed by atoms with Gasteiger partial charge < -0.3 is 5.32 Å². The molecule has 1 aromatic carbocycles. The maximum atomic E-state index is 13.2. The Morgan fingerprint density at radius 3 is 2.81 bits per heavy atom. The molecule has 1 atom stereocenters. The van der Waals surface area contributed by atoms with Crippen LogP contribution in [0.25, 0.3) is 0 Å². The average molecular weight is 244 g/mol. The molecule has 2 nitrogen and oxygen atoms in total. The van der Waals surface area contributed by atoms with Crippen LogP contribution in [0.4, 0.5) is 4.39 Å². The molecule has 0 saturated heterocycles. The molecular formula is C12H15ClFNO. The molecule has 88 valence electrons. The summed E-state index contributed by atoms with van der Waals surface area (Å²) in [6.07, 6.45) is 0.0711. The average Bonchev–Trinajstić information content (AvgIpc) is 2.29. The molecule has 0 aliphatic heterocycles. The quantitative estimate of drug-likeness (QED) is 0.791. The van der Waals surface area contributed by atoms with Crippen molar-refractivity contribution in [2.75, 3.05) is 12.4 Å². The molecule has 0 bridgehead atoms. The molecule has 0 aliphatic carbocycles. The smallest absolute Gasteiger partial charge is 0.224 e. The predicted molar refractivity (Wildman–Crippen MR) is 63.0 cm³/mol. The summed E-state index contributed by atoms with van der Waals surface area (Å²) in [5, 5.41) is 2.72. The molecule has 0 fully saturated rings. The lowest BCUT2D eigenvalue weighted by molar-refractivity contribution is -0.120. The van der Waals surface area contributed by atoms with Crippen LogP contribution in [-0.4, -0.2) is 18.3 Å². The summed E-state index contributed by atoms with van der Waals surface area (Å²) in [5.74, 6) is 0.205. The van der Waals surface area contributed by atoms with E-state index in [1.807, 2.05) is 6.92 Å². The number of nitrogens with one attached hydrogen (secondary N) is 1. The van der Waals surface area contributed by atoms with E-state index in [4.69, 9.17) is 11.6 Å². The fourth-order valence-corrected chi connectivity index (χ4v) is 1.33. The molecule has 0 spiro atoms. The van der Waals surface area contributed by atoms with Crippen molar-refractivity contribution in [2.24, 2.45) is 5.92 Å². The van der Waals surface area contributed by atoms with Crippen molar-refractivity contribution in [3.8, 4) is 0 Å². The summed E-state index contributed by atoms with van der Waals surface area (Å²) in [5.41, 5.74) is 0.415. The Kier molecular flexibility index (Phi) is 5.26. The van der Waals surface area contributed by atoms with Gasteiger partial charge in [0.25, 0.3) is 0 Å². The lowest BCUT2D eigenvalue weighted by Gasteiger charge is -2.09. The fourth-order valence-electron chi connectivity index (χ4n) is 1.22. The minimum absolute atomic E-state index is 0.0711. The first-order valence-corrected chi connectivity index (χ1v) is 5.73. The van der Waals surface area contributed by atoms with Crippen LogP contribution >= 0.6 is 11.6 Å². The SMILES string of the molecule is CC(CCl)CNC(=O)Cc1ccccc1F. The largest absolute Gasteiger partial charge is 0.356 e. The van der Waals surface area contributed by atoms with Gasteiger partial charge in [-0.25, -0.2) is 4.39 Å². The molecule has 1 amide bonds. The molecule has 0 heterocycles. The van der Waals surface area contributed by atoms with Crippen molar-refractivity contribution < 1.29 is 9.18 Å². The normalized spacial score (nSPS) is 12.2. The molecule has 4 heteroatoms. The van der Waals surface area contributed by atoms with Gasteiger partial charge in [0.15, 0.2) is 0 Å². The van der Waals surface area contributed by atoms with Gasteiger partial charge in [0.05, 0.1) is 6.42 Å². The van der Waals surface area contributed by atoms with Gasteiger partial charge in [0, 0.05) is 12.4 Å². The summed E-state index contributed by atoms with van der Waals surface area (Å²) in [6.45, 7) is 2.47. The number of rotatable bonds is 5. The Bertz CT molecular complexity index is 357. The first-order chi connectivity index (χ1) is 7.63. The Hall–Kier alpha value is -1.09. The molecule has 1 aromatic rings. The minimum Gasteiger partial charge on any atom is -0.356 e. The maximum absolute atomic E-state index is 13.2. The molecule has 1 N–H and O–H groups in total. The van der Waals surface area contributed by atoms with Gasteiger partial charge >= 0.3 is 0 Å². The highest BCUT2D eigenvalue weighted by Gasteiger charge is 2.08. The lowest BCUT2D eigenvalue weighted by atomic mass is 10.1. The van der Waals surface area contributed by atoms with Gasteiger partial charge in [-0.1, -0.05) is 25.1 Å². The first kappa shape index (κ1) is 13.0. The zero-order chi connectivity index (χ0) is 12.0. The van der Waals surface area contributed by atoms with E-state index in [-0.39, 0.29) is 24.1 Å². The molecule has 0 aromatic heterocycles. The van der Waals surface area contributed by atoms with E-state index >= 15 is 0 Å². The third kappa shape index (κ3) is 4.19. The van der Waals surface area contributed by atoms with Crippen LogP contribution in [0.2, 0.25) is 0 Å². The minimum atomic E-state index is -0.344. The van der Waals surface area contributed by atoms with Gasteiger partial charge in [0.2, 0.25) is 5.91 Å². The lowest BCUT2D eigenvalue weighted by Crippen LogP contribution is -2.30. The number of halogens is 2. The molecule has 1 unspecified atom stereocenters. The topological polar surface area (TPSA) is 29.1 Å². The standard InChI is InChI=1S/C12H15ClFNO/c1-9(7-13)8-15-12(16)6-10-4-2-3-5-11(10)14/h2-5,9H,6-8H2,1H3,(H,15,16). The van der Waals surface area contributed by atoms with E-state index in [1.54, 1.807) is 18.2 Å². The molecule has 1 rings (SSSR count). The monoisotopic (exact) mass is 243 g/mol. The van der Waals surface area contributed by atoms with Gasteiger partial charge in [-0.3, -0.25) is 4.79 Å². The summed E-state index contributed by atoms with van der Waals surface area (Å²) in [6, 6.07) is 6.28. The Morgan fingerprint density at radius 1 is 1.50 bits per heavy atom. The molecule has 0 saturated carbocycles. The van der Waals surface area contributed by atoms with Crippen LogP contribution in [0.3, 0.4) is 0 Å². The first-order valence-electron chi connectivity index (χ1n) is 5.19. The highest BCUT2D eigenvalue weighted by molar-refractivity contribution is 6.18. The number of hydrogen-bond acceptors (Lipinski definition) is 1. The zero-order valence-electron chi connectivity index (χ0n) is 9.17. The van der Waals surface area contributed by atoms with Crippen molar-refractivity contribution >= 4 is 17.5 Å². The molecular weight excluding hydrogens is 229 g/mol. The predicted octanol–water partition coefficient (Wildman–Crippen LogP) is 2.36. The van der Waals surface area contributed by atoms with E-state index < -0.39 is 0 Å². The number of amides is 1. The maximum Gasteiger partial charge on any atom is 0.224 e. The highest BCUT2D eigenvalue weighted by Crippen LogP contribution is 2.06. The third-order valence-electron chi connectivity index (χ3n) is 2.22. The number of carbonyl (C=O) groups is 1. The van der Waals surface area contributed by atoms with Gasteiger partial charge in [-0.05, 0) is 17.5 Å². The van der Waals surface area contributed by atoms with E-state index in [2.05, 4.69) is 5.32 Å². The van der Waals surface area contributed by atoms with E-state index in [0.717, 1.165) is 0 Å². The summed E-state index contributed by atoms with van der Waals surface area (Å²) in [7, 11) is 0. The number of benzene rings is 1. The van der Waals surface area contributed by atoms with Crippen molar-refractivity contribution in [3.05, 3.63) is 35.6 Å². The van der Waals surface area contributed by atoms with Crippen molar-refractivity contribution in [3.63, 3.8) is 0 Å². The van der Waals surface area contributed by atoms with Crippen molar-refractivity contribution in [1.29, 1.82) is 0 Å².